The van der Waals surface area contributed by atoms with E-state index in [4.69, 9.17) is 20.4 Å². The van der Waals surface area contributed by atoms with Crippen LogP contribution in [0.1, 0.15) is 0 Å². The van der Waals surface area contributed by atoms with Crippen molar-refractivity contribution in [1.82, 2.24) is 0 Å². The van der Waals surface area contributed by atoms with Gasteiger partial charge in [0.15, 0.2) is 0 Å². The van der Waals surface area contributed by atoms with Crippen LogP contribution in [-0.4, -0.2) is 57.1 Å². The molecule has 3 atom stereocenters. The van der Waals surface area contributed by atoms with Crippen molar-refractivity contribution in [3.05, 3.63) is 0 Å². The molecule has 0 saturated carbocycles. The Morgan fingerprint density at radius 1 is 1.21 bits per heavy atom. The van der Waals surface area contributed by atoms with Gasteiger partial charge in [-0.1, -0.05) is 0 Å². The van der Waals surface area contributed by atoms with Gasteiger partial charge < -0.3 is 20.4 Å². The van der Waals surface area contributed by atoms with Crippen molar-refractivity contribution in [2.24, 2.45) is 5.90 Å². The second kappa shape index (κ2) is 5.75. The first-order valence-corrected chi connectivity index (χ1v) is 3.54. The minimum Gasteiger partial charge on any atom is -0.394 e. The van der Waals surface area contributed by atoms with Crippen molar-refractivity contribution >= 4 is 11.6 Å². The number of rotatable bonds is 6. The fourth-order valence-electron chi connectivity index (χ4n) is 0.604. The molecule has 0 aliphatic heterocycles. The van der Waals surface area contributed by atoms with Crippen LogP contribution >= 0.6 is 0 Å². The number of aliphatic hydroxyl groups excluding tert-OH is 4. The summed E-state index contributed by atoms with van der Waals surface area (Å²) in [6.07, 6.45) is -6.10. The first kappa shape index (κ1) is 13.1. The second-order valence-electron chi connectivity index (χ2n) is 2.41. The summed E-state index contributed by atoms with van der Waals surface area (Å²) in [5, 5.41) is 34.7. The molecule has 0 fully saturated rings. The van der Waals surface area contributed by atoms with Gasteiger partial charge >= 0.3 is 0 Å². The van der Waals surface area contributed by atoms with E-state index in [1.807, 2.05) is 0 Å². The Hall–Kier alpha value is -0.900. The normalized spacial score (nSPS) is 17.2. The molecule has 0 rings (SSSR count). The zero-order valence-electron chi connectivity index (χ0n) is 7.03. The molecule has 0 radical (unpaired) electrons. The second-order valence-corrected chi connectivity index (χ2v) is 2.41. The summed E-state index contributed by atoms with van der Waals surface area (Å²) in [6, 6.07) is 0. The molecule has 0 saturated heterocycles. The minimum atomic E-state index is -2.19. The molecule has 0 aliphatic carbocycles. The highest BCUT2D eigenvalue weighted by atomic mass is 16.7. The van der Waals surface area contributed by atoms with Crippen molar-refractivity contribution in [3.63, 3.8) is 0 Å². The Balaban J connectivity index is 4.39. The molecule has 0 amide bonds. The van der Waals surface area contributed by atoms with E-state index in [0.29, 0.717) is 0 Å². The van der Waals surface area contributed by atoms with Crippen LogP contribution in [-0.2, 0) is 14.4 Å². The molecule has 0 aliphatic rings. The zero-order valence-corrected chi connectivity index (χ0v) is 7.03. The topological polar surface area (TPSA) is 150 Å². The van der Waals surface area contributed by atoms with Crippen LogP contribution < -0.4 is 5.90 Å². The maximum Gasteiger partial charge on any atom is 0.258 e. The summed E-state index contributed by atoms with van der Waals surface area (Å²) < 4.78 is 0. The van der Waals surface area contributed by atoms with E-state index in [1.54, 1.807) is 0 Å². The van der Waals surface area contributed by atoms with Crippen molar-refractivity contribution in [2.75, 3.05) is 6.61 Å². The van der Waals surface area contributed by atoms with E-state index in [-0.39, 0.29) is 0 Å². The number of hydrogen-bond acceptors (Lipinski definition) is 8. The van der Waals surface area contributed by atoms with Crippen molar-refractivity contribution in [3.8, 4) is 0 Å². The molecular weight excluding hydrogens is 198 g/mol. The highest BCUT2D eigenvalue weighted by Crippen LogP contribution is 1.98. The summed E-state index contributed by atoms with van der Waals surface area (Å²) in [6.45, 7) is -0.903. The third-order valence-electron chi connectivity index (χ3n) is 1.42. The number of aliphatic hydroxyl groups is 4. The Bertz CT molecular complexity index is 218. The number of nitrogens with two attached hydrogens (primary N) is 1. The quantitative estimate of drug-likeness (QED) is 0.169. The Kier molecular flexibility index (Phi) is 5.38. The van der Waals surface area contributed by atoms with Gasteiger partial charge in [0.25, 0.3) is 5.78 Å². The highest BCUT2D eigenvalue weighted by molar-refractivity contribution is 6.40. The number of carbonyl (C=O) groups is 2. The lowest BCUT2D eigenvalue weighted by Gasteiger charge is -2.14. The molecule has 0 spiro atoms. The molecule has 82 valence electrons. The van der Waals surface area contributed by atoms with Gasteiger partial charge in [0.05, 0.1) is 6.61 Å². The third-order valence-corrected chi connectivity index (χ3v) is 1.42. The Labute approximate surface area is 78.5 Å². The van der Waals surface area contributed by atoms with Gasteiger partial charge in [-0.3, -0.25) is 14.4 Å². The van der Waals surface area contributed by atoms with Gasteiger partial charge in [-0.2, -0.15) is 0 Å². The molecule has 0 heterocycles. The molecule has 6 N–H and O–H groups in total. The molecular formula is C6H11NO7. The fraction of sp³-hybridized carbons (Fsp3) is 0.667. The maximum atomic E-state index is 10.9. The largest absolute Gasteiger partial charge is 0.394 e. The van der Waals surface area contributed by atoms with E-state index >= 15 is 0 Å². The van der Waals surface area contributed by atoms with Crippen LogP contribution in [0.3, 0.4) is 0 Å². The number of hydrogen-bond donors (Lipinski definition) is 5. The standard InChI is InChI=1S/C6H11NO7/c7-14-6(13)5(12)4(11)3(10)2(9)1-8/h2-3,6,8-10,13H,1,7H2. The lowest BCUT2D eigenvalue weighted by Crippen LogP contribution is -2.45. The van der Waals surface area contributed by atoms with E-state index in [0.717, 1.165) is 0 Å². The van der Waals surface area contributed by atoms with Crippen LogP contribution in [0.5, 0.6) is 0 Å². The summed E-state index contributed by atoms with van der Waals surface area (Å²) in [4.78, 5) is 25.3. The Morgan fingerprint density at radius 3 is 2.07 bits per heavy atom. The number of Topliss-reactive ketones (excluding diaryl/α,β-unsaturated/α-hetero) is 2. The van der Waals surface area contributed by atoms with E-state index in [2.05, 4.69) is 10.7 Å². The lowest BCUT2D eigenvalue weighted by molar-refractivity contribution is -0.167. The van der Waals surface area contributed by atoms with Crippen molar-refractivity contribution in [2.45, 2.75) is 18.5 Å². The summed E-state index contributed by atoms with van der Waals surface area (Å²) in [5.41, 5.74) is 0. The molecule has 14 heavy (non-hydrogen) atoms. The average molecular weight is 209 g/mol. The van der Waals surface area contributed by atoms with Gasteiger partial charge in [-0.05, 0) is 0 Å². The molecule has 8 nitrogen and oxygen atoms in total. The summed E-state index contributed by atoms with van der Waals surface area (Å²) >= 11 is 0. The maximum absolute atomic E-state index is 10.9. The molecule has 8 heteroatoms. The van der Waals surface area contributed by atoms with Gasteiger partial charge in [0.1, 0.15) is 12.2 Å². The third kappa shape index (κ3) is 3.10. The SMILES string of the molecule is NOC(O)C(=O)C(=O)C(O)C(O)CO. The van der Waals surface area contributed by atoms with Crippen LogP contribution in [0.25, 0.3) is 0 Å². The molecule has 3 unspecified atom stereocenters. The smallest absolute Gasteiger partial charge is 0.258 e. The number of carbonyl (C=O) groups excluding carboxylic acids is 2. The molecule has 0 aromatic carbocycles. The number of ketones is 2. The predicted molar refractivity (Wildman–Crippen MR) is 40.4 cm³/mol. The van der Waals surface area contributed by atoms with E-state index in [1.165, 1.54) is 0 Å². The monoisotopic (exact) mass is 209 g/mol. The summed E-state index contributed by atoms with van der Waals surface area (Å²) in [7, 11) is 0. The van der Waals surface area contributed by atoms with Gasteiger partial charge in [-0.15, -0.1) is 0 Å². The predicted octanol–water partition coefficient (Wildman–Crippen LogP) is -3.95. The Morgan fingerprint density at radius 2 is 1.71 bits per heavy atom. The average Bonchev–Trinajstić information content (AvgIpc) is 2.23. The lowest BCUT2D eigenvalue weighted by atomic mass is 10.1. The van der Waals surface area contributed by atoms with Gasteiger partial charge in [0, 0.05) is 0 Å². The molecule has 0 aromatic heterocycles. The molecule has 0 aromatic rings. The summed E-state index contributed by atoms with van der Waals surface area (Å²) in [5.74, 6) is 1.40. The first-order valence-electron chi connectivity index (χ1n) is 3.54. The first-order chi connectivity index (χ1) is 6.45. The van der Waals surface area contributed by atoms with E-state index < -0.39 is 36.7 Å². The fourth-order valence-corrected chi connectivity index (χ4v) is 0.604. The van der Waals surface area contributed by atoms with Crippen LogP contribution in [0, 0.1) is 0 Å². The van der Waals surface area contributed by atoms with Crippen LogP contribution in [0.15, 0.2) is 0 Å². The molecule has 0 bridgehead atoms. The zero-order chi connectivity index (χ0) is 11.3. The minimum absolute atomic E-state index is 0.903. The highest BCUT2D eigenvalue weighted by Gasteiger charge is 2.33. The van der Waals surface area contributed by atoms with Crippen molar-refractivity contribution < 1.29 is 34.9 Å². The van der Waals surface area contributed by atoms with Gasteiger partial charge in [-0.25, -0.2) is 5.90 Å². The van der Waals surface area contributed by atoms with E-state index in [9.17, 15) is 9.59 Å². The van der Waals surface area contributed by atoms with Crippen LogP contribution in [0.2, 0.25) is 0 Å². The van der Waals surface area contributed by atoms with Gasteiger partial charge in [0.2, 0.25) is 12.1 Å². The van der Waals surface area contributed by atoms with Crippen LogP contribution in [0.4, 0.5) is 0 Å². The van der Waals surface area contributed by atoms with Crippen molar-refractivity contribution in [1.29, 1.82) is 0 Å².